The van der Waals surface area contributed by atoms with E-state index in [0.717, 1.165) is 33.3 Å². The zero-order valence-corrected chi connectivity index (χ0v) is 19.3. The van der Waals surface area contributed by atoms with Gasteiger partial charge in [-0.1, -0.05) is 60.3 Å². The van der Waals surface area contributed by atoms with Gasteiger partial charge in [0.15, 0.2) is 5.16 Å². The molecule has 0 saturated heterocycles. The Hall–Kier alpha value is -3.23. The van der Waals surface area contributed by atoms with Crippen molar-refractivity contribution in [3.63, 3.8) is 0 Å². The fourth-order valence-electron chi connectivity index (χ4n) is 3.23. The predicted octanol–water partition coefficient (Wildman–Crippen LogP) is 5.22. The molecule has 0 bridgehead atoms. The molecule has 2 aromatic carbocycles. The van der Waals surface area contributed by atoms with Crippen molar-refractivity contribution in [3.05, 3.63) is 89.0 Å². The molecule has 0 unspecified atom stereocenters. The molecule has 0 aliphatic carbocycles. The third-order valence-corrected chi connectivity index (χ3v) is 6.44. The monoisotopic (exact) mass is 461 g/mol. The summed E-state index contributed by atoms with van der Waals surface area (Å²) in [5.41, 5.74) is 3.81. The largest absolute Gasteiger partial charge is 0.325 e. The van der Waals surface area contributed by atoms with Crippen LogP contribution in [0.15, 0.2) is 77.8 Å². The van der Waals surface area contributed by atoms with Crippen LogP contribution in [0.2, 0.25) is 0 Å². The van der Waals surface area contributed by atoms with Crippen LogP contribution in [-0.4, -0.2) is 31.4 Å². The van der Waals surface area contributed by atoms with Crippen molar-refractivity contribution in [2.24, 2.45) is 0 Å². The number of nitrogens with zero attached hydrogens (tertiary/aromatic N) is 4. The first kappa shape index (κ1) is 22.0. The molecule has 0 radical (unpaired) electrons. The third-order valence-electron chi connectivity index (χ3n) is 4.70. The van der Waals surface area contributed by atoms with E-state index < -0.39 is 0 Å². The van der Waals surface area contributed by atoms with Crippen LogP contribution in [-0.2, 0) is 17.8 Å². The first-order valence-corrected chi connectivity index (χ1v) is 12.0. The van der Waals surface area contributed by atoms with E-state index >= 15 is 0 Å². The van der Waals surface area contributed by atoms with Crippen LogP contribution in [0.3, 0.4) is 0 Å². The summed E-state index contributed by atoms with van der Waals surface area (Å²) in [6.07, 6.45) is 2.49. The Labute approximate surface area is 195 Å². The molecule has 0 aliphatic rings. The fourth-order valence-corrected chi connectivity index (χ4v) is 4.62. The molecule has 32 heavy (non-hydrogen) atoms. The Balaban J connectivity index is 1.40. The van der Waals surface area contributed by atoms with Gasteiger partial charge in [-0.25, -0.2) is 4.98 Å². The van der Waals surface area contributed by atoms with E-state index in [1.54, 1.807) is 11.3 Å². The molecular formula is C24H23N5OS2. The lowest BCUT2D eigenvalue weighted by molar-refractivity contribution is -0.113. The molecule has 1 N–H and O–H groups in total. The number of amides is 1. The number of carbonyl (C=O) groups excluding carboxylic acids is 1. The molecule has 162 valence electrons. The second-order valence-corrected chi connectivity index (χ2v) is 9.13. The first-order chi connectivity index (χ1) is 15.6. The van der Waals surface area contributed by atoms with Gasteiger partial charge in [0, 0.05) is 29.6 Å². The minimum atomic E-state index is -0.0978. The maximum absolute atomic E-state index is 12.6. The number of aromatic nitrogens is 4. The summed E-state index contributed by atoms with van der Waals surface area (Å²) in [6.45, 7) is 6.41. The van der Waals surface area contributed by atoms with Gasteiger partial charge in [0.05, 0.1) is 16.5 Å². The lowest BCUT2D eigenvalue weighted by atomic mass is 10.1. The van der Waals surface area contributed by atoms with E-state index in [2.05, 4.69) is 39.2 Å². The normalized spacial score (nSPS) is 10.8. The number of aryl methyl sites for hydroxylation is 1. The van der Waals surface area contributed by atoms with Crippen LogP contribution in [0.5, 0.6) is 0 Å². The molecule has 0 atom stereocenters. The van der Waals surface area contributed by atoms with Crippen LogP contribution in [0, 0.1) is 6.92 Å². The van der Waals surface area contributed by atoms with Crippen molar-refractivity contribution < 1.29 is 4.79 Å². The zero-order valence-electron chi connectivity index (χ0n) is 17.7. The number of thiazole rings is 1. The summed E-state index contributed by atoms with van der Waals surface area (Å²) in [5, 5.41) is 15.4. The van der Waals surface area contributed by atoms with Crippen LogP contribution in [0.25, 0.3) is 11.3 Å². The Morgan fingerprint density at radius 2 is 2.03 bits per heavy atom. The smallest absolute Gasteiger partial charge is 0.234 e. The van der Waals surface area contributed by atoms with Gasteiger partial charge >= 0.3 is 0 Å². The van der Waals surface area contributed by atoms with Gasteiger partial charge in [-0.05, 0) is 24.6 Å². The topological polar surface area (TPSA) is 72.7 Å². The average molecular weight is 462 g/mol. The third kappa shape index (κ3) is 5.52. The summed E-state index contributed by atoms with van der Waals surface area (Å²) in [7, 11) is 0. The predicted molar refractivity (Wildman–Crippen MR) is 131 cm³/mol. The number of hydrogen-bond acceptors (Lipinski definition) is 6. The number of nitrogens with one attached hydrogen (secondary N) is 1. The van der Waals surface area contributed by atoms with Crippen molar-refractivity contribution in [2.45, 2.75) is 25.0 Å². The van der Waals surface area contributed by atoms with Gasteiger partial charge in [0.2, 0.25) is 5.91 Å². The number of benzene rings is 2. The second kappa shape index (κ2) is 10.4. The van der Waals surface area contributed by atoms with Gasteiger partial charge in [0.1, 0.15) is 5.82 Å². The summed E-state index contributed by atoms with van der Waals surface area (Å²) in [6, 6.07) is 17.9. The highest BCUT2D eigenvalue weighted by Gasteiger charge is 2.14. The van der Waals surface area contributed by atoms with Gasteiger partial charge in [-0.3, -0.25) is 4.79 Å². The molecule has 0 saturated carbocycles. The van der Waals surface area contributed by atoms with Gasteiger partial charge < -0.3 is 9.88 Å². The zero-order chi connectivity index (χ0) is 22.3. The van der Waals surface area contributed by atoms with Crippen LogP contribution in [0.4, 0.5) is 5.69 Å². The molecule has 0 fully saturated rings. The number of thioether (sulfide) groups is 1. The van der Waals surface area contributed by atoms with Crippen molar-refractivity contribution >= 4 is 34.7 Å². The molecule has 0 spiro atoms. The lowest BCUT2D eigenvalue weighted by Crippen LogP contribution is -2.15. The Morgan fingerprint density at radius 1 is 1.19 bits per heavy atom. The van der Waals surface area contributed by atoms with E-state index in [-0.39, 0.29) is 11.7 Å². The van der Waals surface area contributed by atoms with Crippen molar-refractivity contribution in [2.75, 3.05) is 11.1 Å². The lowest BCUT2D eigenvalue weighted by Gasteiger charge is -2.09. The molecule has 6 nitrogen and oxygen atoms in total. The highest BCUT2D eigenvalue weighted by Crippen LogP contribution is 2.25. The van der Waals surface area contributed by atoms with E-state index in [4.69, 9.17) is 0 Å². The van der Waals surface area contributed by atoms with Gasteiger partial charge in [-0.2, -0.15) is 0 Å². The van der Waals surface area contributed by atoms with Crippen LogP contribution < -0.4 is 5.32 Å². The molecule has 1 amide bonds. The van der Waals surface area contributed by atoms with Crippen molar-refractivity contribution in [1.82, 2.24) is 19.7 Å². The fraction of sp³-hybridized carbons (Fsp3) is 0.167. The number of hydrogen-bond donors (Lipinski definition) is 1. The molecule has 2 heterocycles. The Bertz CT molecular complexity index is 1220. The average Bonchev–Trinajstić information content (AvgIpc) is 3.40. The van der Waals surface area contributed by atoms with E-state index in [1.165, 1.54) is 11.8 Å². The molecule has 2 aromatic heterocycles. The maximum Gasteiger partial charge on any atom is 0.234 e. The summed E-state index contributed by atoms with van der Waals surface area (Å²) >= 11 is 2.98. The first-order valence-electron chi connectivity index (χ1n) is 10.1. The van der Waals surface area contributed by atoms with Crippen molar-refractivity contribution in [1.29, 1.82) is 0 Å². The quantitative estimate of drug-likeness (QED) is 0.273. The number of carbonyl (C=O) groups is 1. The van der Waals surface area contributed by atoms with E-state index in [0.29, 0.717) is 18.1 Å². The summed E-state index contributed by atoms with van der Waals surface area (Å²) in [4.78, 5) is 17.1. The minimum Gasteiger partial charge on any atom is -0.325 e. The minimum absolute atomic E-state index is 0.0978. The standard InChI is InChI=1S/C24H23N5OS2/c1-3-12-29-22(13-18-8-5-4-6-9-18)27-28-24(29)32-16-23(30)26-20-11-7-10-19(14-20)21-15-31-17(2)25-21/h3-11,14-15H,1,12-13,16H2,2H3,(H,26,30). The van der Waals surface area contributed by atoms with Crippen LogP contribution >= 0.6 is 23.1 Å². The van der Waals surface area contributed by atoms with Crippen molar-refractivity contribution in [3.8, 4) is 11.3 Å². The number of rotatable bonds is 9. The van der Waals surface area contributed by atoms with Gasteiger partial charge in [-0.15, -0.1) is 28.1 Å². The number of anilines is 1. The molecule has 8 heteroatoms. The summed E-state index contributed by atoms with van der Waals surface area (Å²) < 4.78 is 2.00. The summed E-state index contributed by atoms with van der Waals surface area (Å²) in [5.74, 6) is 0.991. The van der Waals surface area contributed by atoms with E-state index in [1.807, 2.05) is 65.4 Å². The molecule has 4 rings (SSSR count). The SMILES string of the molecule is C=CCn1c(Cc2ccccc2)nnc1SCC(=O)Nc1cccc(-c2csc(C)n2)c1. The Morgan fingerprint density at radius 3 is 2.78 bits per heavy atom. The highest BCUT2D eigenvalue weighted by atomic mass is 32.2. The molecule has 4 aromatic rings. The number of allylic oxidation sites excluding steroid dienone is 1. The van der Waals surface area contributed by atoms with E-state index in [9.17, 15) is 4.79 Å². The Kier molecular flexibility index (Phi) is 7.14. The molecule has 0 aliphatic heterocycles. The highest BCUT2D eigenvalue weighted by molar-refractivity contribution is 7.99. The maximum atomic E-state index is 12.6. The second-order valence-electron chi connectivity index (χ2n) is 7.13. The van der Waals surface area contributed by atoms with Crippen LogP contribution in [0.1, 0.15) is 16.4 Å². The molecular weight excluding hydrogens is 438 g/mol. The van der Waals surface area contributed by atoms with Gasteiger partial charge in [0.25, 0.3) is 0 Å².